The maximum Gasteiger partial charge on any atom is 0.0644 e. The largest absolute Gasteiger partial charge is 0.375 e. The van der Waals surface area contributed by atoms with Crippen molar-refractivity contribution in [1.29, 1.82) is 0 Å². The van der Waals surface area contributed by atoms with Crippen LogP contribution >= 0.6 is 0 Å². The van der Waals surface area contributed by atoms with Crippen LogP contribution in [0.3, 0.4) is 0 Å². The van der Waals surface area contributed by atoms with E-state index in [9.17, 15) is 0 Å². The number of ether oxygens (including phenoxy) is 1. The maximum atomic E-state index is 6.21. The second-order valence-electron chi connectivity index (χ2n) is 7.97. The highest BCUT2D eigenvalue weighted by molar-refractivity contribution is 5.00. The van der Waals surface area contributed by atoms with Crippen molar-refractivity contribution >= 4 is 0 Å². The summed E-state index contributed by atoms with van der Waals surface area (Å²) < 4.78 is 5.90. The summed E-state index contributed by atoms with van der Waals surface area (Å²) in [5.41, 5.74) is 6.84. The van der Waals surface area contributed by atoms with Gasteiger partial charge >= 0.3 is 0 Å². The van der Waals surface area contributed by atoms with E-state index in [1.165, 1.54) is 32.4 Å². The zero-order chi connectivity index (χ0) is 14.1. The molecule has 1 unspecified atom stereocenters. The van der Waals surface area contributed by atoms with Gasteiger partial charge in [0.2, 0.25) is 0 Å². The van der Waals surface area contributed by atoms with E-state index in [0.29, 0.717) is 5.41 Å². The average Bonchev–Trinajstić information content (AvgIpc) is 2.49. The van der Waals surface area contributed by atoms with Gasteiger partial charge in [0.25, 0.3) is 0 Å². The molecule has 3 nitrogen and oxygen atoms in total. The number of nitrogens with two attached hydrogens (primary N) is 1. The SMILES string of the molecule is CC1(C)CCCN(C2(CN)CCOC(C)(C)C2)CC1. The highest BCUT2D eigenvalue weighted by Crippen LogP contribution is 2.39. The van der Waals surface area contributed by atoms with Gasteiger partial charge in [0.05, 0.1) is 5.60 Å². The minimum Gasteiger partial charge on any atom is -0.375 e. The smallest absolute Gasteiger partial charge is 0.0644 e. The van der Waals surface area contributed by atoms with E-state index in [1.807, 2.05) is 0 Å². The van der Waals surface area contributed by atoms with Crippen molar-refractivity contribution < 1.29 is 4.74 Å². The number of rotatable bonds is 2. The fourth-order valence-electron chi connectivity index (χ4n) is 3.92. The molecule has 0 bridgehead atoms. The minimum absolute atomic E-state index is 0.0283. The molecule has 0 radical (unpaired) electrons. The fraction of sp³-hybridized carbons (Fsp3) is 1.00. The summed E-state index contributed by atoms with van der Waals surface area (Å²) >= 11 is 0. The third-order valence-corrected chi connectivity index (χ3v) is 5.21. The van der Waals surface area contributed by atoms with E-state index in [1.54, 1.807) is 0 Å². The predicted octanol–water partition coefficient (Wildman–Crippen LogP) is 2.79. The van der Waals surface area contributed by atoms with Crippen molar-refractivity contribution in [2.75, 3.05) is 26.2 Å². The molecule has 2 aliphatic rings. The monoisotopic (exact) mass is 268 g/mol. The van der Waals surface area contributed by atoms with Gasteiger partial charge in [-0.1, -0.05) is 13.8 Å². The summed E-state index contributed by atoms with van der Waals surface area (Å²) in [7, 11) is 0. The molecule has 3 heteroatoms. The molecule has 2 fully saturated rings. The Morgan fingerprint density at radius 2 is 1.79 bits per heavy atom. The molecule has 112 valence electrons. The van der Waals surface area contributed by atoms with Crippen LogP contribution in [0.4, 0.5) is 0 Å². The molecule has 0 aliphatic carbocycles. The average molecular weight is 268 g/mol. The van der Waals surface area contributed by atoms with Crippen LogP contribution in [-0.2, 0) is 4.74 Å². The van der Waals surface area contributed by atoms with E-state index in [0.717, 1.165) is 26.0 Å². The van der Waals surface area contributed by atoms with Gasteiger partial charge in [-0.15, -0.1) is 0 Å². The van der Waals surface area contributed by atoms with E-state index in [2.05, 4.69) is 32.6 Å². The van der Waals surface area contributed by atoms with Gasteiger partial charge in [0.15, 0.2) is 0 Å². The Morgan fingerprint density at radius 1 is 1.05 bits per heavy atom. The van der Waals surface area contributed by atoms with E-state index >= 15 is 0 Å². The van der Waals surface area contributed by atoms with Crippen molar-refractivity contribution in [3.63, 3.8) is 0 Å². The van der Waals surface area contributed by atoms with Gasteiger partial charge in [0.1, 0.15) is 0 Å². The summed E-state index contributed by atoms with van der Waals surface area (Å²) in [6.07, 6.45) is 6.08. The number of hydrogen-bond donors (Lipinski definition) is 1. The number of hydrogen-bond acceptors (Lipinski definition) is 3. The zero-order valence-corrected chi connectivity index (χ0v) is 13.3. The van der Waals surface area contributed by atoms with Crippen LogP contribution in [-0.4, -0.2) is 42.3 Å². The molecule has 0 aromatic heterocycles. The molecule has 1 atom stereocenters. The van der Waals surface area contributed by atoms with Crippen LogP contribution in [0.15, 0.2) is 0 Å². The molecule has 2 heterocycles. The Labute approximate surface area is 118 Å². The third-order valence-electron chi connectivity index (χ3n) is 5.21. The highest BCUT2D eigenvalue weighted by Gasteiger charge is 2.44. The lowest BCUT2D eigenvalue weighted by Gasteiger charge is -2.50. The van der Waals surface area contributed by atoms with E-state index in [-0.39, 0.29) is 11.1 Å². The van der Waals surface area contributed by atoms with Crippen LogP contribution in [0.25, 0.3) is 0 Å². The Balaban J connectivity index is 2.12. The highest BCUT2D eigenvalue weighted by atomic mass is 16.5. The van der Waals surface area contributed by atoms with Crippen LogP contribution in [0, 0.1) is 5.41 Å². The van der Waals surface area contributed by atoms with E-state index in [4.69, 9.17) is 10.5 Å². The van der Waals surface area contributed by atoms with Gasteiger partial charge in [0, 0.05) is 18.7 Å². The quantitative estimate of drug-likeness (QED) is 0.837. The minimum atomic E-state index is -0.0283. The molecular weight excluding hydrogens is 236 g/mol. The van der Waals surface area contributed by atoms with E-state index < -0.39 is 0 Å². The molecule has 0 saturated carbocycles. The molecule has 2 rings (SSSR count). The summed E-state index contributed by atoms with van der Waals surface area (Å²) in [5, 5.41) is 0. The lowest BCUT2D eigenvalue weighted by Crippen LogP contribution is -2.60. The molecule has 0 aromatic carbocycles. The second kappa shape index (κ2) is 5.34. The van der Waals surface area contributed by atoms with Gasteiger partial charge in [-0.05, 0) is 64.5 Å². The normalized spacial score (nSPS) is 35.8. The Morgan fingerprint density at radius 3 is 2.42 bits per heavy atom. The summed E-state index contributed by atoms with van der Waals surface area (Å²) in [4.78, 5) is 2.69. The van der Waals surface area contributed by atoms with Crippen LogP contribution < -0.4 is 5.73 Å². The zero-order valence-electron chi connectivity index (χ0n) is 13.3. The number of likely N-dealkylation sites (tertiary alicyclic amines) is 1. The van der Waals surface area contributed by atoms with Crippen LogP contribution in [0.5, 0.6) is 0 Å². The molecule has 2 aliphatic heterocycles. The lowest BCUT2D eigenvalue weighted by molar-refractivity contribution is -0.117. The maximum absolute atomic E-state index is 6.21. The first-order chi connectivity index (χ1) is 8.79. The molecule has 0 spiro atoms. The lowest BCUT2D eigenvalue weighted by atomic mass is 9.79. The first-order valence-corrected chi connectivity index (χ1v) is 7.88. The first kappa shape index (κ1) is 15.3. The van der Waals surface area contributed by atoms with Crippen molar-refractivity contribution in [2.45, 2.75) is 70.9 Å². The molecule has 19 heavy (non-hydrogen) atoms. The van der Waals surface area contributed by atoms with Crippen molar-refractivity contribution in [3.05, 3.63) is 0 Å². The third kappa shape index (κ3) is 3.50. The Bertz CT molecular complexity index is 314. The van der Waals surface area contributed by atoms with Crippen molar-refractivity contribution in [1.82, 2.24) is 4.90 Å². The molecule has 0 aromatic rings. The van der Waals surface area contributed by atoms with Crippen molar-refractivity contribution in [2.24, 2.45) is 11.1 Å². The van der Waals surface area contributed by atoms with Gasteiger partial charge in [-0.25, -0.2) is 0 Å². The first-order valence-electron chi connectivity index (χ1n) is 7.88. The van der Waals surface area contributed by atoms with Crippen LogP contribution in [0.1, 0.15) is 59.8 Å². The summed E-state index contributed by atoms with van der Waals surface area (Å²) in [5.74, 6) is 0. The van der Waals surface area contributed by atoms with Crippen molar-refractivity contribution in [3.8, 4) is 0 Å². The Hall–Kier alpha value is -0.120. The Kier molecular flexibility index (Phi) is 4.29. The topological polar surface area (TPSA) is 38.5 Å². The fourth-order valence-corrected chi connectivity index (χ4v) is 3.92. The van der Waals surface area contributed by atoms with Gasteiger partial charge < -0.3 is 10.5 Å². The molecule has 2 N–H and O–H groups in total. The summed E-state index contributed by atoms with van der Waals surface area (Å²) in [6.45, 7) is 13.2. The van der Waals surface area contributed by atoms with Gasteiger partial charge in [-0.2, -0.15) is 0 Å². The predicted molar refractivity (Wildman–Crippen MR) is 80.3 cm³/mol. The standard InChI is InChI=1S/C16H32N2O/c1-14(2)6-5-9-18(10-7-14)16(13-17)8-11-19-15(3,4)12-16/h5-13,17H2,1-4H3. The van der Waals surface area contributed by atoms with Crippen LogP contribution in [0.2, 0.25) is 0 Å². The second-order valence-corrected chi connectivity index (χ2v) is 7.97. The molecular formula is C16H32N2O. The molecule has 2 saturated heterocycles. The van der Waals surface area contributed by atoms with Gasteiger partial charge in [-0.3, -0.25) is 4.90 Å². The number of nitrogens with zero attached hydrogens (tertiary/aromatic N) is 1. The summed E-state index contributed by atoms with van der Waals surface area (Å²) in [6, 6.07) is 0. The molecule has 0 amide bonds.